The van der Waals surface area contributed by atoms with Crippen LogP contribution in [0.4, 0.5) is 4.79 Å². The van der Waals surface area contributed by atoms with Crippen molar-refractivity contribution in [3.63, 3.8) is 0 Å². The molecule has 0 saturated heterocycles. The van der Waals surface area contributed by atoms with E-state index >= 15 is 0 Å². The standard InChI is InChI=1S/C24H40N4O4/c1-18-11-13-19(14-12-18)8-7-10-21(29)26-16-17-27-22(30)20(25)9-5-6-15-28-23(31)32-24(2,3)4/h11-14,20H,5-10,15-17,25H2,1-4H3,(H,26,29)(H,27,30)(H,28,31). The van der Waals surface area contributed by atoms with Crippen LogP contribution in [0.3, 0.4) is 0 Å². The van der Waals surface area contributed by atoms with Crippen LogP contribution in [0.5, 0.6) is 0 Å². The largest absolute Gasteiger partial charge is 0.444 e. The number of amides is 3. The first-order valence-electron chi connectivity index (χ1n) is 11.4. The molecule has 1 aromatic rings. The highest BCUT2D eigenvalue weighted by Gasteiger charge is 2.16. The Morgan fingerprint density at radius 2 is 1.59 bits per heavy atom. The number of ether oxygens (including phenoxy) is 1. The van der Waals surface area contributed by atoms with E-state index in [1.165, 1.54) is 11.1 Å². The average molecular weight is 449 g/mol. The van der Waals surface area contributed by atoms with E-state index in [2.05, 4.69) is 47.1 Å². The Kier molecular flexibility index (Phi) is 12.4. The topological polar surface area (TPSA) is 123 Å². The number of carbonyl (C=O) groups excluding carboxylic acids is 3. The summed E-state index contributed by atoms with van der Waals surface area (Å²) in [5.41, 5.74) is 7.83. The summed E-state index contributed by atoms with van der Waals surface area (Å²) in [7, 11) is 0. The highest BCUT2D eigenvalue weighted by molar-refractivity contribution is 5.81. The molecule has 8 nitrogen and oxygen atoms in total. The van der Waals surface area contributed by atoms with E-state index in [1.807, 2.05) is 20.8 Å². The van der Waals surface area contributed by atoms with Gasteiger partial charge in [-0.2, -0.15) is 0 Å². The van der Waals surface area contributed by atoms with Gasteiger partial charge in [-0.15, -0.1) is 0 Å². The van der Waals surface area contributed by atoms with Crippen molar-refractivity contribution in [1.29, 1.82) is 0 Å². The van der Waals surface area contributed by atoms with E-state index < -0.39 is 17.7 Å². The lowest BCUT2D eigenvalue weighted by Crippen LogP contribution is -2.43. The number of benzene rings is 1. The number of hydrogen-bond acceptors (Lipinski definition) is 5. The monoisotopic (exact) mass is 448 g/mol. The Balaban J connectivity index is 2.03. The summed E-state index contributed by atoms with van der Waals surface area (Å²) in [5, 5.41) is 8.23. The van der Waals surface area contributed by atoms with Crippen LogP contribution in [0.25, 0.3) is 0 Å². The smallest absolute Gasteiger partial charge is 0.407 e. The Morgan fingerprint density at radius 3 is 2.25 bits per heavy atom. The molecule has 8 heteroatoms. The second-order valence-electron chi connectivity index (χ2n) is 9.01. The van der Waals surface area contributed by atoms with E-state index in [0.29, 0.717) is 45.3 Å². The van der Waals surface area contributed by atoms with Crippen LogP contribution in [-0.2, 0) is 20.7 Å². The first kappa shape index (κ1) is 27.4. The highest BCUT2D eigenvalue weighted by Crippen LogP contribution is 2.08. The van der Waals surface area contributed by atoms with Gasteiger partial charge in [0.05, 0.1) is 6.04 Å². The summed E-state index contributed by atoms with van der Waals surface area (Å²) in [4.78, 5) is 35.5. The molecule has 1 atom stereocenters. The van der Waals surface area contributed by atoms with E-state index in [0.717, 1.165) is 12.8 Å². The summed E-state index contributed by atoms with van der Waals surface area (Å²) in [6.45, 7) is 8.67. The van der Waals surface area contributed by atoms with Gasteiger partial charge in [0.15, 0.2) is 0 Å². The molecule has 5 N–H and O–H groups in total. The molecule has 32 heavy (non-hydrogen) atoms. The van der Waals surface area contributed by atoms with Gasteiger partial charge >= 0.3 is 6.09 Å². The number of nitrogens with two attached hydrogens (primary N) is 1. The molecule has 0 aliphatic heterocycles. The maximum atomic E-state index is 12.0. The Bertz CT molecular complexity index is 714. The molecule has 1 unspecified atom stereocenters. The summed E-state index contributed by atoms with van der Waals surface area (Å²) in [6, 6.07) is 7.71. The van der Waals surface area contributed by atoms with Gasteiger partial charge < -0.3 is 26.4 Å². The molecule has 0 aliphatic rings. The molecule has 0 radical (unpaired) electrons. The van der Waals surface area contributed by atoms with E-state index in [4.69, 9.17) is 10.5 Å². The molecular weight excluding hydrogens is 408 g/mol. The first-order chi connectivity index (χ1) is 15.1. The molecule has 180 valence electrons. The van der Waals surface area contributed by atoms with E-state index in [1.54, 1.807) is 0 Å². The van der Waals surface area contributed by atoms with Crippen LogP contribution in [0.1, 0.15) is 64.0 Å². The van der Waals surface area contributed by atoms with E-state index in [-0.39, 0.29) is 11.8 Å². The zero-order valence-corrected chi connectivity index (χ0v) is 20.0. The zero-order valence-electron chi connectivity index (χ0n) is 20.0. The number of nitrogens with one attached hydrogen (secondary N) is 3. The minimum atomic E-state index is -0.610. The maximum absolute atomic E-state index is 12.0. The molecule has 1 rings (SSSR count). The lowest BCUT2D eigenvalue weighted by Gasteiger charge is -2.19. The number of alkyl carbamates (subject to hydrolysis) is 1. The van der Waals surface area contributed by atoms with Gasteiger partial charge in [0.1, 0.15) is 5.60 Å². The van der Waals surface area contributed by atoms with Crippen molar-refractivity contribution < 1.29 is 19.1 Å². The number of unbranched alkanes of at least 4 members (excludes halogenated alkanes) is 1. The second-order valence-corrected chi connectivity index (χ2v) is 9.01. The zero-order chi connectivity index (χ0) is 24.0. The molecule has 0 bridgehead atoms. The minimum absolute atomic E-state index is 0.0202. The highest BCUT2D eigenvalue weighted by atomic mass is 16.6. The van der Waals surface area contributed by atoms with Crippen molar-refractivity contribution in [3.8, 4) is 0 Å². The van der Waals surface area contributed by atoms with Crippen molar-refractivity contribution in [2.24, 2.45) is 5.73 Å². The second kappa shape index (κ2) is 14.5. The summed E-state index contributed by atoms with van der Waals surface area (Å²) < 4.78 is 5.15. The van der Waals surface area contributed by atoms with Crippen molar-refractivity contribution >= 4 is 17.9 Å². The van der Waals surface area contributed by atoms with Gasteiger partial charge in [-0.3, -0.25) is 9.59 Å². The predicted molar refractivity (Wildman–Crippen MR) is 126 cm³/mol. The molecular formula is C24H40N4O4. The Hall–Kier alpha value is -2.61. The molecule has 0 aromatic heterocycles. The fraction of sp³-hybridized carbons (Fsp3) is 0.625. The fourth-order valence-electron chi connectivity index (χ4n) is 2.94. The van der Waals surface area contributed by atoms with Crippen LogP contribution in [0.15, 0.2) is 24.3 Å². The van der Waals surface area contributed by atoms with Gasteiger partial charge in [-0.25, -0.2) is 4.79 Å². The third-order valence-electron chi connectivity index (χ3n) is 4.68. The number of rotatable bonds is 13. The molecule has 0 spiro atoms. The van der Waals surface area contributed by atoms with Crippen molar-refractivity contribution in [2.75, 3.05) is 19.6 Å². The Labute approximate surface area is 192 Å². The van der Waals surface area contributed by atoms with Gasteiger partial charge in [0, 0.05) is 26.1 Å². The average Bonchev–Trinajstić information content (AvgIpc) is 2.70. The van der Waals surface area contributed by atoms with Crippen molar-refractivity contribution in [3.05, 3.63) is 35.4 Å². The summed E-state index contributed by atoms with van der Waals surface area (Å²) in [5.74, 6) is -0.258. The predicted octanol–water partition coefficient (Wildman–Crippen LogP) is 2.57. The van der Waals surface area contributed by atoms with Crippen LogP contribution >= 0.6 is 0 Å². The number of carbonyl (C=O) groups is 3. The minimum Gasteiger partial charge on any atom is -0.444 e. The number of aryl methyl sites for hydroxylation is 2. The van der Waals surface area contributed by atoms with Gasteiger partial charge in [-0.05, 0) is 65.4 Å². The number of hydrogen-bond donors (Lipinski definition) is 4. The van der Waals surface area contributed by atoms with Gasteiger partial charge in [-0.1, -0.05) is 29.8 Å². The molecule has 1 aromatic carbocycles. The lowest BCUT2D eigenvalue weighted by atomic mass is 10.1. The quantitative estimate of drug-likeness (QED) is 0.346. The Morgan fingerprint density at radius 1 is 0.938 bits per heavy atom. The SMILES string of the molecule is Cc1ccc(CCCC(=O)NCCNC(=O)C(N)CCCCNC(=O)OC(C)(C)C)cc1. The summed E-state index contributed by atoms with van der Waals surface area (Å²) in [6.07, 6.45) is 3.60. The molecule has 0 aliphatic carbocycles. The maximum Gasteiger partial charge on any atom is 0.407 e. The third kappa shape index (κ3) is 13.6. The normalized spacial score (nSPS) is 12.0. The first-order valence-corrected chi connectivity index (χ1v) is 11.4. The van der Waals surface area contributed by atoms with Crippen LogP contribution in [0.2, 0.25) is 0 Å². The third-order valence-corrected chi connectivity index (χ3v) is 4.68. The van der Waals surface area contributed by atoms with Crippen LogP contribution < -0.4 is 21.7 Å². The van der Waals surface area contributed by atoms with Crippen LogP contribution in [-0.4, -0.2) is 49.2 Å². The van der Waals surface area contributed by atoms with Gasteiger partial charge in [0.2, 0.25) is 11.8 Å². The van der Waals surface area contributed by atoms with Crippen LogP contribution in [0, 0.1) is 6.92 Å². The summed E-state index contributed by atoms with van der Waals surface area (Å²) >= 11 is 0. The fourth-order valence-corrected chi connectivity index (χ4v) is 2.94. The molecule has 0 heterocycles. The molecule has 3 amide bonds. The van der Waals surface area contributed by atoms with Gasteiger partial charge in [0.25, 0.3) is 0 Å². The van der Waals surface area contributed by atoms with Crippen molar-refractivity contribution in [2.45, 2.75) is 77.9 Å². The molecule has 0 fully saturated rings. The molecule has 0 saturated carbocycles. The van der Waals surface area contributed by atoms with Crippen molar-refractivity contribution in [1.82, 2.24) is 16.0 Å². The lowest BCUT2D eigenvalue weighted by molar-refractivity contribution is -0.123. The van der Waals surface area contributed by atoms with E-state index in [9.17, 15) is 14.4 Å².